The predicted octanol–water partition coefficient (Wildman–Crippen LogP) is 3.13. The summed E-state index contributed by atoms with van der Waals surface area (Å²) >= 11 is 0. The van der Waals surface area contributed by atoms with E-state index in [0.29, 0.717) is 5.76 Å². The van der Waals surface area contributed by atoms with Crippen molar-refractivity contribution in [3.63, 3.8) is 0 Å². The van der Waals surface area contributed by atoms with E-state index in [1.54, 1.807) is 32.9 Å². The van der Waals surface area contributed by atoms with Crippen LogP contribution in [-0.2, 0) is 16.1 Å². The molecule has 0 aliphatic heterocycles. The van der Waals surface area contributed by atoms with E-state index in [1.165, 1.54) is 6.26 Å². The maximum Gasteiger partial charge on any atom is 0.408 e. The number of aliphatic hydroxyl groups is 1. The van der Waals surface area contributed by atoms with Gasteiger partial charge < -0.3 is 29.6 Å². The third-order valence-corrected chi connectivity index (χ3v) is 3.64. The van der Waals surface area contributed by atoms with Gasteiger partial charge in [0.2, 0.25) is 0 Å². The molecule has 1 aromatic carbocycles. The molecule has 0 spiro atoms. The minimum absolute atomic E-state index is 0.0791. The average Bonchev–Trinajstić information content (AvgIpc) is 3.16. The molecule has 2 rings (SSSR count). The number of amides is 2. The summed E-state index contributed by atoms with van der Waals surface area (Å²) in [6.07, 6.45) is -0.00129. The molecule has 0 radical (unpaired) electrons. The highest BCUT2D eigenvalue weighted by Crippen LogP contribution is 2.19. The van der Waals surface area contributed by atoms with Crippen molar-refractivity contribution in [3.05, 3.63) is 60.1 Å². The molecule has 2 amide bonds. The summed E-state index contributed by atoms with van der Waals surface area (Å²) in [5, 5.41) is 14.9. The molecule has 0 unspecified atom stereocenters. The van der Waals surface area contributed by atoms with Crippen LogP contribution in [0.15, 0.2) is 53.1 Å². The van der Waals surface area contributed by atoms with Gasteiger partial charge in [0.1, 0.15) is 24.0 Å². The van der Waals surface area contributed by atoms with E-state index >= 15 is 0 Å². The van der Waals surface area contributed by atoms with Gasteiger partial charge in [-0.3, -0.25) is 0 Å². The first-order chi connectivity index (χ1) is 13.3. The summed E-state index contributed by atoms with van der Waals surface area (Å²) in [5.41, 5.74) is 0.127. The third-order valence-electron chi connectivity index (χ3n) is 3.64. The van der Waals surface area contributed by atoms with Gasteiger partial charge in [0.25, 0.3) is 0 Å². The minimum atomic E-state index is -0.887. The molecule has 1 aromatic heterocycles. The van der Waals surface area contributed by atoms with Gasteiger partial charge in [-0.15, -0.1) is 0 Å². The topological polar surface area (TPSA) is 110 Å². The largest absolute Gasteiger partial charge is 0.467 e. The van der Waals surface area contributed by atoms with Gasteiger partial charge in [-0.05, 0) is 38.5 Å². The summed E-state index contributed by atoms with van der Waals surface area (Å²) in [6, 6.07) is 10.7. The zero-order valence-electron chi connectivity index (χ0n) is 16.2. The number of carbonyl (C=O) groups is 2. The number of carbonyl (C=O) groups excluding carboxylic acids is 2. The highest BCUT2D eigenvalue weighted by atomic mass is 16.6. The van der Waals surface area contributed by atoms with Gasteiger partial charge in [-0.25, -0.2) is 9.59 Å². The third kappa shape index (κ3) is 6.96. The van der Waals surface area contributed by atoms with E-state index in [9.17, 15) is 14.7 Å². The number of rotatable bonds is 7. The highest BCUT2D eigenvalue weighted by Gasteiger charge is 2.30. The van der Waals surface area contributed by atoms with Crippen molar-refractivity contribution in [2.24, 2.45) is 0 Å². The molecule has 1 heterocycles. The highest BCUT2D eigenvalue weighted by molar-refractivity contribution is 5.70. The Morgan fingerprint density at radius 1 is 1.07 bits per heavy atom. The van der Waals surface area contributed by atoms with E-state index in [2.05, 4.69) is 10.6 Å². The quantitative estimate of drug-likeness (QED) is 0.670. The first-order valence-electron chi connectivity index (χ1n) is 8.89. The number of hydrogen-bond acceptors (Lipinski definition) is 6. The number of aliphatic hydroxyl groups excluding tert-OH is 1. The Morgan fingerprint density at radius 2 is 1.79 bits per heavy atom. The van der Waals surface area contributed by atoms with Gasteiger partial charge in [0.15, 0.2) is 0 Å². The van der Waals surface area contributed by atoms with E-state index in [-0.39, 0.29) is 6.61 Å². The van der Waals surface area contributed by atoms with E-state index in [0.717, 1.165) is 5.56 Å². The zero-order valence-corrected chi connectivity index (χ0v) is 16.2. The molecule has 0 bridgehead atoms. The lowest BCUT2D eigenvalue weighted by Gasteiger charge is -2.27. The maximum absolute atomic E-state index is 12.2. The van der Waals surface area contributed by atoms with Crippen molar-refractivity contribution in [2.75, 3.05) is 6.61 Å². The molecule has 0 saturated heterocycles. The zero-order chi connectivity index (χ0) is 20.6. The number of nitrogens with one attached hydrogen (secondary N) is 2. The Morgan fingerprint density at radius 3 is 2.36 bits per heavy atom. The second-order valence-electron chi connectivity index (χ2n) is 7.13. The number of ether oxygens (including phenoxy) is 2. The van der Waals surface area contributed by atoms with Crippen molar-refractivity contribution in [2.45, 2.75) is 45.1 Å². The van der Waals surface area contributed by atoms with Crippen LogP contribution in [0.3, 0.4) is 0 Å². The van der Waals surface area contributed by atoms with Crippen molar-refractivity contribution >= 4 is 12.2 Å². The number of benzene rings is 1. The van der Waals surface area contributed by atoms with Gasteiger partial charge in [0, 0.05) is 0 Å². The molecule has 0 fully saturated rings. The van der Waals surface area contributed by atoms with Crippen LogP contribution in [0, 0.1) is 0 Å². The van der Waals surface area contributed by atoms with Crippen LogP contribution in [0.1, 0.15) is 38.1 Å². The summed E-state index contributed by atoms with van der Waals surface area (Å²) < 4.78 is 15.8. The summed E-state index contributed by atoms with van der Waals surface area (Å²) in [7, 11) is 0. The maximum atomic E-state index is 12.2. The lowest BCUT2D eigenvalue weighted by Crippen LogP contribution is -2.49. The Bertz CT molecular complexity index is 740. The van der Waals surface area contributed by atoms with E-state index in [1.807, 2.05) is 30.3 Å². The van der Waals surface area contributed by atoms with Crippen molar-refractivity contribution in [1.82, 2.24) is 10.6 Å². The Hall–Kier alpha value is -3.00. The molecule has 0 saturated carbocycles. The second-order valence-corrected chi connectivity index (χ2v) is 7.13. The molecular formula is C20H26N2O6. The number of hydrogen-bond donors (Lipinski definition) is 3. The molecule has 28 heavy (non-hydrogen) atoms. The first kappa shape index (κ1) is 21.3. The molecule has 2 aromatic rings. The lowest BCUT2D eigenvalue weighted by atomic mass is 10.1. The van der Waals surface area contributed by atoms with Gasteiger partial charge >= 0.3 is 12.2 Å². The smallest absolute Gasteiger partial charge is 0.408 e. The van der Waals surface area contributed by atoms with Crippen LogP contribution in [0.4, 0.5) is 9.59 Å². The second kappa shape index (κ2) is 9.80. The summed E-state index contributed by atoms with van der Waals surface area (Å²) in [6.45, 7) is 4.82. The van der Waals surface area contributed by atoms with Crippen LogP contribution >= 0.6 is 0 Å². The Labute approximate surface area is 163 Å². The van der Waals surface area contributed by atoms with Gasteiger partial charge in [0.05, 0.1) is 18.9 Å². The standard InChI is InChI=1S/C20H26N2O6/c1-20(2,3)28-19(25)22-17(16-10-7-11-26-16)15(12-23)21-18(24)27-13-14-8-5-4-6-9-14/h4-11,15,17,23H,12-13H2,1-3H3,(H,21,24)(H,22,25)/t15-,17-/m0/s1. The molecule has 8 heteroatoms. The fourth-order valence-electron chi connectivity index (χ4n) is 2.42. The first-order valence-corrected chi connectivity index (χ1v) is 8.89. The summed E-state index contributed by atoms with van der Waals surface area (Å²) in [5.74, 6) is 0.355. The molecule has 8 nitrogen and oxygen atoms in total. The molecule has 0 aliphatic carbocycles. The molecule has 2 atom stereocenters. The van der Waals surface area contributed by atoms with E-state index < -0.39 is 36.5 Å². The van der Waals surface area contributed by atoms with Crippen LogP contribution < -0.4 is 10.6 Å². The van der Waals surface area contributed by atoms with Crippen molar-refractivity contribution in [3.8, 4) is 0 Å². The number of furan rings is 1. The molecule has 3 N–H and O–H groups in total. The monoisotopic (exact) mass is 390 g/mol. The Kier molecular flexibility index (Phi) is 7.45. The fraction of sp³-hybridized carbons (Fsp3) is 0.400. The van der Waals surface area contributed by atoms with E-state index in [4.69, 9.17) is 13.9 Å². The van der Waals surface area contributed by atoms with Gasteiger partial charge in [-0.1, -0.05) is 30.3 Å². The minimum Gasteiger partial charge on any atom is -0.467 e. The van der Waals surface area contributed by atoms with Crippen LogP contribution in [0.25, 0.3) is 0 Å². The Balaban J connectivity index is 2.02. The lowest BCUT2D eigenvalue weighted by molar-refractivity contribution is 0.0467. The van der Waals surface area contributed by atoms with Crippen molar-refractivity contribution < 1.29 is 28.6 Å². The fourth-order valence-corrected chi connectivity index (χ4v) is 2.42. The predicted molar refractivity (Wildman–Crippen MR) is 101 cm³/mol. The SMILES string of the molecule is CC(C)(C)OC(=O)N[C@H](c1ccco1)[C@H](CO)NC(=O)OCc1ccccc1. The normalized spacial score (nSPS) is 13.3. The van der Waals surface area contributed by atoms with Gasteiger partial charge in [-0.2, -0.15) is 0 Å². The molecule has 152 valence electrons. The number of alkyl carbamates (subject to hydrolysis) is 2. The summed E-state index contributed by atoms with van der Waals surface area (Å²) in [4.78, 5) is 24.3. The van der Waals surface area contributed by atoms with Crippen LogP contribution in [0.2, 0.25) is 0 Å². The van der Waals surface area contributed by atoms with Crippen LogP contribution in [-0.4, -0.2) is 35.5 Å². The molecule has 0 aliphatic rings. The average molecular weight is 390 g/mol. The molecular weight excluding hydrogens is 364 g/mol. The van der Waals surface area contributed by atoms with Crippen LogP contribution in [0.5, 0.6) is 0 Å². The van der Waals surface area contributed by atoms with Crippen molar-refractivity contribution in [1.29, 1.82) is 0 Å².